The third kappa shape index (κ3) is 4.04. The van der Waals surface area contributed by atoms with E-state index >= 15 is 0 Å². The quantitative estimate of drug-likeness (QED) is 0.312. The minimum absolute atomic E-state index is 0.104. The van der Waals surface area contributed by atoms with Crippen LogP contribution in [0.25, 0.3) is 21.3 Å². The molecule has 7 heteroatoms. The van der Waals surface area contributed by atoms with Gasteiger partial charge in [0.1, 0.15) is 16.2 Å². The summed E-state index contributed by atoms with van der Waals surface area (Å²) in [7, 11) is 0. The van der Waals surface area contributed by atoms with Crippen molar-refractivity contribution in [1.82, 2.24) is 9.97 Å². The molecular formula is C21H16ClN3OS2. The number of carbonyl (C=O) groups is 1. The maximum absolute atomic E-state index is 12.4. The fourth-order valence-corrected chi connectivity index (χ4v) is 4.76. The van der Waals surface area contributed by atoms with E-state index in [4.69, 9.17) is 11.6 Å². The van der Waals surface area contributed by atoms with Gasteiger partial charge in [0.2, 0.25) is 5.91 Å². The van der Waals surface area contributed by atoms with Crippen molar-refractivity contribution in [1.29, 1.82) is 0 Å². The van der Waals surface area contributed by atoms with Crippen molar-refractivity contribution in [2.75, 3.05) is 11.1 Å². The molecule has 2 aromatic heterocycles. The number of thioether (sulfide) groups is 1. The highest BCUT2D eigenvalue weighted by Crippen LogP contribution is 2.37. The van der Waals surface area contributed by atoms with Gasteiger partial charge in [0.05, 0.1) is 11.1 Å². The Hall–Kier alpha value is -2.41. The normalized spacial score (nSPS) is 10.9. The van der Waals surface area contributed by atoms with Crippen LogP contribution in [0.15, 0.2) is 65.3 Å². The summed E-state index contributed by atoms with van der Waals surface area (Å²) < 4.78 is 0. The van der Waals surface area contributed by atoms with Crippen LogP contribution >= 0.6 is 34.7 Å². The monoisotopic (exact) mass is 425 g/mol. The number of nitrogens with one attached hydrogen (secondary N) is 1. The lowest BCUT2D eigenvalue weighted by molar-refractivity contribution is -0.113. The van der Waals surface area contributed by atoms with Crippen LogP contribution in [0, 0.1) is 6.92 Å². The van der Waals surface area contributed by atoms with Crippen molar-refractivity contribution in [3.8, 4) is 11.1 Å². The Kier molecular flexibility index (Phi) is 5.62. The van der Waals surface area contributed by atoms with Crippen LogP contribution in [-0.4, -0.2) is 21.6 Å². The molecule has 2 aromatic carbocycles. The number of aryl methyl sites for hydroxylation is 1. The topological polar surface area (TPSA) is 54.9 Å². The second-order valence-corrected chi connectivity index (χ2v) is 8.40. The Labute approximate surface area is 176 Å². The lowest BCUT2D eigenvalue weighted by Gasteiger charge is -2.08. The average Bonchev–Trinajstić information content (AvgIpc) is 3.15. The van der Waals surface area contributed by atoms with Crippen LogP contribution in [0.1, 0.15) is 5.56 Å². The molecule has 140 valence electrons. The Morgan fingerprint density at radius 3 is 2.79 bits per heavy atom. The lowest BCUT2D eigenvalue weighted by Crippen LogP contribution is -2.14. The molecule has 0 bridgehead atoms. The number of thiophene rings is 1. The number of carbonyl (C=O) groups excluding carboxylic acids is 1. The minimum atomic E-state index is -0.104. The maximum atomic E-state index is 12.4. The number of benzene rings is 2. The lowest BCUT2D eigenvalue weighted by atomic mass is 10.1. The summed E-state index contributed by atoms with van der Waals surface area (Å²) in [6, 6.07) is 15.6. The van der Waals surface area contributed by atoms with E-state index in [1.165, 1.54) is 11.8 Å². The molecule has 0 unspecified atom stereocenters. The molecule has 0 saturated heterocycles. The molecule has 1 amide bonds. The highest BCUT2D eigenvalue weighted by Gasteiger charge is 2.14. The molecule has 4 rings (SSSR count). The molecule has 0 atom stereocenters. The predicted molar refractivity (Wildman–Crippen MR) is 118 cm³/mol. The first kappa shape index (κ1) is 18.9. The zero-order chi connectivity index (χ0) is 19.5. The number of halogens is 1. The number of amides is 1. The number of anilines is 1. The van der Waals surface area contributed by atoms with E-state index < -0.39 is 0 Å². The van der Waals surface area contributed by atoms with Gasteiger partial charge in [-0.05, 0) is 30.2 Å². The Morgan fingerprint density at radius 2 is 2.00 bits per heavy atom. The van der Waals surface area contributed by atoms with Crippen molar-refractivity contribution in [3.63, 3.8) is 0 Å². The molecule has 28 heavy (non-hydrogen) atoms. The van der Waals surface area contributed by atoms with E-state index in [-0.39, 0.29) is 11.7 Å². The first-order valence-corrected chi connectivity index (χ1v) is 10.8. The highest BCUT2D eigenvalue weighted by molar-refractivity contribution is 8.00. The van der Waals surface area contributed by atoms with Crippen LogP contribution in [-0.2, 0) is 4.79 Å². The molecule has 0 spiro atoms. The SMILES string of the molecule is Cc1ccc(NC(=O)CSc2ncnc3scc(-c4ccccc4)c23)cc1Cl. The van der Waals surface area contributed by atoms with E-state index in [0.717, 1.165) is 31.9 Å². The van der Waals surface area contributed by atoms with Gasteiger partial charge in [0, 0.05) is 21.7 Å². The van der Waals surface area contributed by atoms with Gasteiger partial charge >= 0.3 is 0 Å². The van der Waals surface area contributed by atoms with Crippen molar-refractivity contribution in [3.05, 3.63) is 70.8 Å². The molecule has 0 saturated carbocycles. The van der Waals surface area contributed by atoms with E-state index in [9.17, 15) is 4.79 Å². The fourth-order valence-electron chi connectivity index (χ4n) is 2.79. The summed E-state index contributed by atoms with van der Waals surface area (Å²) >= 11 is 9.12. The Balaban J connectivity index is 1.54. The van der Waals surface area contributed by atoms with Crippen LogP contribution < -0.4 is 5.32 Å². The van der Waals surface area contributed by atoms with Gasteiger partial charge in [-0.2, -0.15) is 0 Å². The molecule has 0 aliphatic heterocycles. The number of fused-ring (bicyclic) bond motifs is 1. The molecule has 0 aliphatic carbocycles. The summed E-state index contributed by atoms with van der Waals surface area (Å²) in [5.41, 5.74) is 3.87. The summed E-state index contributed by atoms with van der Waals surface area (Å²) in [5, 5.41) is 7.41. The number of nitrogens with zero attached hydrogens (tertiary/aromatic N) is 2. The number of hydrogen-bond donors (Lipinski definition) is 1. The summed E-state index contributed by atoms with van der Waals surface area (Å²) in [4.78, 5) is 22.1. The fraction of sp³-hybridized carbons (Fsp3) is 0.0952. The zero-order valence-corrected chi connectivity index (χ0v) is 17.4. The third-order valence-electron chi connectivity index (χ3n) is 4.22. The second-order valence-electron chi connectivity index (χ2n) is 6.18. The Bertz CT molecular complexity index is 1150. The first-order chi connectivity index (χ1) is 13.6. The summed E-state index contributed by atoms with van der Waals surface area (Å²) in [6.07, 6.45) is 1.55. The molecule has 1 N–H and O–H groups in total. The Morgan fingerprint density at radius 1 is 1.18 bits per heavy atom. The summed E-state index contributed by atoms with van der Waals surface area (Å²) in [6.45, 7) is 1.93. The van der Waals surface area contributed by atoms with Crippen molar-refractivity contribution in [2.24, 2.45) is 0 Å². The van der Waals surface area contributed by atoms with Gasteiger partial charge in [-0.15, -0.1) is 11.3 Å². The highest BCUT2D eigenvalue weighted by atomic mass is 35.5. The summed E-state index contributed by atoms with van der Waals surface area (Å²) in [5.74, 6) is 0.148. The van der Waals surface area contributed by atoms with Crippen LogP contribution in [0.2, 0.25) is 5.02 Å². The average molecular weight is 426 g/mol. The molecule has 0 radical (unpaired) electrons. The van der Waals surface area contributed by atoms with E-state index in [0.29, 0.717) is 10.7 Å². The van der Waals surface area contributed by atoms with Gasteiger partial charge in [-0.25, -0.2) is 9.97 Å². The zero-order valence-electron chi connectivity index (χ0n) is 15.0. The van der Waals surface area contributed by atoms with Crippen molar-refractivity contribution in [2.45, 2.75) is 11.9 Å². The van der Waals surface area contributed by atoms with Gasteiger partial charge in [0.15, 0.2) is 0 Å². The van der Waals surface area contributed by atoms with Gasteiger partial charge < -0.3 is 5.32 Å². The predicted octanol–water partition coefficient (Wildman–Crippen LogP) is 6.05. The van der Waals surface area contributed by atoms with Crippen LogP contribution in [0.4, 0.5) is 5.69 Å². The third-order valence-corrected chi connectivity index (χ3v) is 6.50. The largest absolute Gasteiger partial charge is 0.325 e. The molecule has 4 nitrogen and oxygen atoms in total. The van der Waals surface area contributed by atoms with Gasteiger partial charge in [-0.1, -0.05) is 59.8 Å². The standard InChI is InChI=1S/C21H16ClN3OS2/c1-13-7-8-15(9-17(13)22)25-18(26)11-28-21-19-16(14-5-3-2-4-6-14)10-27-20(19)23-12-24-21/h2-10,12H,11H2,1H3,(H,25,26). The van der Waals surface area contributed by atoms with Crippen LogP contribution in [0.3, 0.4) is 0 Å². The molecule has 0 fully saturated rings. The second kappa shape index (κ2) is 8.31. The number of rotatable bonds is 5. The van der Waals surface area contributed by atoms with Crippen LogP contribution in [0.5, 0.6) is 0 Å². The number of aromatic nitrogens is 2. The van der Waals surface area contributed by atoms with Crippen molar-refractivity contribution >= 4 is 56.5 Å². The molecule has 2 heterocycles. The molecular weight excluding hydrogens is 410 g/mol. The van der Waals surface area contributed by atoms with E-state index in [1.807, 2.05) is 37.3 Å². The smallest absolute Gasteiger partial charge is 0.234 e. The molecule has 4 aromatic rings. The minimum Gasteiger partial charge on any atom is -0.325 e. The molecule has 0 aliphatic rings. The van der Waals surface area contributed by atoms with Crippen molar-refractivity contribution < 1.29 is 4.79 Å². The van der Waals surface area contributed by atoms with E-state index in [1.54, 1.807) is 23.7 Å². The number of hydrogen-bond acceptors (Lipinski definition) is 5. The van der Waals surface area contributed by atoms with Gasteiger partial charge in [0.25, 0.3) is 0 Å². The van der Waals surface area contributed by atoms with Gasteiger partial charge in [-0.3, -0.25) is 4.79 Å². The first-order valence-electron chi connectivity index (χ1n) is 8.58. The van der Waals surface area contributed by atoms with E-state index in [2.05, 4.69) is 32.8 Å². The maximum Gasteiger partial charge on any atom is 0.234 e.